The van der Waals surface area contributed by atoms with Crippen LogP contribution >= 0.6 is 0 Å². The molecule has 16 heavy (non-hydrogen) atoms. The molecule has 0 aliphatic carbocycles. The van der Waals surface area contributed by atoms with Crippen molar-refractivity contribution in [2.45, 2.75) is 26.8 Å². The van der Waals surface area contributed by atoms with Crippen molar-refractivity contribution >= 4 is 5.91 Å². The molecule has 1 N–H and O–H groups in total. The van der Waals surface area contributed by atoms with Gasteiger partial charge in [-0.1, -0.05) is 6.92 Å². The third-order valence-corrected chi connectivity index (χ3v) is 2.55. The molecule has 0 aliphatic rings. The van der Waals surface area contributed by atoms with E-state index in [1.807, 2.05) is 29.8 Å². The first kappa shape index (κ1) is 12.8. The number of carbonyl (C=O) groups excluding carboxylic acids is 1. The lowest BCUT2D eigenvalue weighted by molar-refractivity contribution is 0.0721. The van der Waals surface area contributed by atoms with Gasteiger partial charge in [0, 0.05) is 25.8 Å². The highest BCUT2D eigenvalue weighted by molar-refractivity contribution is 5.92. The molecule has 1 rings (SSSR count). The highest BCUT2D eigenvalue weighted by Crippen LogP contribution is 2.07. The van der Waals surface area contributed by atoms with E-state index >= 15 is 0 Å². The molecular weight excluding hydrogens is 204 g/mol. The van der Waals surface area contributed by atoms with Crippen LogP contribution in [0.5, 0.6) is 0 Å². The summed E-state index contributed by atoms with van der Waals surface area (Å²) >= 11 is 0. The minimum atomic E-state index is -0.00463. The number of nitrogens with zero attached hydrogens (tertiary/aromatic N) is 2. The van der Waals surface area contributed by atoms with E-state index in [2.05, 4.69) is 6.92 Å². The highest BCUT2D eigenvalue weighted by atomic mass is 16.3. The van der Waals surface area contributed by atoms with Gasteiger partial charge in [0.2, 0.25) is 0 Å². The number of aromatic nitrogens is 1. The van der Waals surface area contributed by atoms with Crippen LogP contribution in [-0.2, 0) is 6.54 Å². The van der Waals surface area contributed by atoms with Gasteiger partial charge >= 0.3 is 0 Å². The molecule has 4 nitrogen and oxygen atoms in total. The van der Waals surface area contributed by atoms with Crippen molar-refractivity contribution in [2.75, 3.05) is 19.7 Å². The fourth-order valence-corrected chi connectivity index (χ4v) is 1.73. The average Bonchev–Trinajstić information content (AvgIpc) is 2.73. The van der Waals surface area contributed by atoms with Gasteiger partial charge in [-0.3, -0.25) is 4.79 Å². The van der Waals surface area contributed by atoms with E-state index in [0.717, 1.165) is 13.0 Å². The number of likely N-dealkylation sites (N-methyl/N-ethyl adjacent to an activating group) is 1. The normalized spacial score (nSPS) is 10.4. The molecule has 0 atom stereocenters. The average molecular weight is 224 g/mol. The number of hydrogen-bond acceptors (Lipinski definition) is 2. The zero-order chi connectivity index (χ0) is 12.0. The highest BCUT2D eigenvalue weighted by Gasteiger charge is 2.16. The summed E-state index contributed by atoms with van der Waals surface area (Å²) in [6, 6.07) is 3.72. The standard InChI is InChI=1S/C12H20N2O2/c1-3-7-14-8-5-6-11(14)12(16)13(4-2)9-10-15/h5-6,8,15H,3-4,7,9-10H2,1-2H3. The lowest BCUT2D eigenvalue weighted by atomic mass is 10.3. The van der Waals surface area contributed by atoms with Crippen LogP contribution in [0, 0.1) is 0 Å². The van der Waals surface area contributed by atoms with Crippen molar-refractivity contribution < 1.29 is 9.90 Å². The molecule has 0 aromatic carbocycles. The summed E-state index contributed by atoms with van der Waals surface area (Å²) in [5.74, 6) is -0.00463. The van der Waals surface area contributed by atoms with E-state index in [4.69, 9.17) is 5.11 Å². The number of rotatable bonds is 6. The lowest BCUT2D eigenvalue weighted by Crippen LogP contribution is -2.34. The van der Waals surface area contributed by atoms with Crippen molar-refractivity contribution in [3.8, 4) is 0 Å². The SMILES string of the molecule is CCCn1cccc1C(=O)N(CC)CCO. The Morgan fingerprint density at radius 1 is 1.50 bits per heavy atom. The smallest absolute Gasteiger partial charge is 0.270 e. The molecule has 1 aromatic rings. The van der Waals surface area contributed by atoms with Crippen molar-refractivity contribution in [2.24, 2.45) is 0 Å². The molecular formula is C12H20N2O2. The maximum Gasteiger partial charge on any atom is 0.270 e. The molecule has 0 saturated heterocycles. The van der Waals surface area contributed by atoms with Gasteiger partial charge in [0.05, 0.1) is 6.61 Å². The second kappa shape index (κ2) is 6.33. The third kappa shape index (κ3) is 2.85. The molecule has 4 heteroatoms. The van der Waals surface area contributed by atoms with Crippen LogP contribution in [0.4, 0.5) is 0 Å². The summed E-state index contributed by atoms with van der Waals surface area (Å²) in [5.41, 5.74) is 0.706. The zero-order valence-corrected chi connectivity index (χ0v) is 10.0. The Balaban J connectivity index is 2.81. The molecule has 0 unspecified atom stereocenters. The topological polar surface area (TPSA) is 45.5 Å². The maximum atomic E-state index is 12.1. The number of amides is 1. The minimum Gasteiger partial charge on any atom is -0.395 e. The molecule has 1 aromatic heterocycles. The van der Waals surface area contributed by atoms with Crippen molar-refractivity contribution in [3.63, 3.8) is 0 Å². The fourth-order valence-electron chi connectivity index (χ4n) is 1.73. The zero-order valence-electron chi connectivity index (χ0n) is 10.0. The summed E-state index contributed by atoms with van der Waals surface area (Å²) in [6.45, 7) is 5.88. The van der Waals surface area contributed by atoms with E-state index < -0.39 is 0 Å². The number of aliphatic hydroxyl groups is 1. The monoisotopic (exact) mass is 224 g/mol. The second-order valence-corrected chi connectivity index (χ2v) is 3.70. The quantitative estimate of drug-likeness (QED) is 0.793. The van der Waals surface area contributed by atoms with Gasteiger partial charge in [0.25, 0.3) is 5.91 Å². The maximum absolute atomic E-state index is 12.1. The van der Waals surface area contributed by atoms with Crippen LogP contribution in [-0.4, -0.2) is 40.2 Å². The molecule has 1 amide bonds. The fraction of sp³-hybridized carbons (Fsp3) is 0.583. The summed E-state index contributed by atoms with van der Waals surface area (Å²) in [5, 5.41) is 8.89. The summed E-state index contributed by atoms with van der Waals surface area (Å²) in [6.07, 6.45) is 2.92. The van der Waals surface area contributed by atoms with Crippen molar-refractivity contribution in [1.82, 2.24) is 9.47 Å². The first-order valence-electron chi connectivity index (χ1n) is 5.79. The van der Waals surface area contributed by atoms with Gasteiger partial charge < -0.3 is 14.6 Å². The second-order valence-electron chi connectivity index (χ2n) is 3.70. The molecule has 0 spiro atoms. The van der Waals surface area contributed by atoms with E-state index in [1.165, 1.54) is 0 Å². The van der Waals surface area contributed by atoms with Crippen LogP contribution in [0.2, 0.25) is 0 Å². The number of aliphatic hydroxyl groups excluding tert-OH is 1. The summed E-state index contributed by atoms with van der Waals surface area (Å²) in [4.78, 5) is 13.8. The van der Waals surface area contributed by atoms with Gasteiger partial charge in [0.15, 0.2) is 0 Å². The first-order valence-corrected chi connectivity index (χ1v) is 5.79. The molecule has 0 fully saturated rings. The molecule has 0 aliphatic heterocycles. The van der Waals surface area contributed by atoms with Crippen molar-refractivity contribution in [1.29, 1.82) is 0 Å². The summed E-state index contributed by atoms with van der Waals surface area (Å²) < 4.78 is 1.96. The Morgan fingerprint density at radius 3 is 2.81 bits per heavy atom. The predicted octanol–water partition coefficient (Wildman–Crippen LogP) is 1.35. The van der Waals surface area contributed by atoms with E-state index in [9.17, 15) is 4.79 Å². The molecule has 0 radical (unpaired) electrons. The van der Waals surface area contributed by atoms with E-state index in [-0.39, 0.29) is 12.5 Å². The van der Waals surface area contributed by atoms with Crippen LogP contribution < -0.4 is 0 Å². The number of hydrogen-bond donors (Lipinski definition) is 1. The summed E-state index contributed by atoms with van der Waals surface area (Å²) in [7, 11) is 0. The molecule has 90 valence electrons. The van der Waals surface area contributed by atoms with Gasteiger partial charge in [-0.15, -0.1) is 0 Å². The Hall–Kier alpha value is -1.29. The van der Waals surface area contributed by atoms with Crippen LogP contribution in [0.3, 0.4) is 0 Å². The first-order chi connectivity index (χ1) is 7.74. The van der Waals surface area contributed by atoms with Gasteiger partial charge in [-0.25, -0.2) is 0 Å². The van der Waals surface area contributed by atoms with Gasteiger partial charge in [-0.05, 0) is 25.5 Å². The molecule has 0 saturated carbocycles. The van der Waals surface area contributed by atoms with Crippen molar-refractivity contribution in [3.05, 3.63) is 24.0 Å². The molecule has 1 heterocycles. The van der Waals surface area contributed by atoms with E-state index in [1.54, 1.807) is 4.90 Å². The van der Waals surface area contributed by atoms with Gasteiger partial charge in [-0.2, -0.15) is 0 Å². The lowest BCUT2D eigenvalue weighted by Gasteiger charge is -2.20. The Bertz CT molecular complexity index is 334. The number of aryl methyl sites for hydroxylation is 1. The van der Waals surface area contributed by atoms with Gasteiger partial charge in [0.1, 0.15) is 5.69 Å². The van der Waals surface area contributed by atoms with E-state index in [0.29, 0.717) is 18.8 Å². The predicted molar refractivity (Wildman–Crippen MR) is 63.4 cm³/mol. The Labute approximate surface area is 96.5 Å². The molecule has 0 bridgehead atoms. The number of carbonyl (C=O) groups is 1. The van der Waals surface area contributed by atoms with Crippen LogP contribution in [0.25, 0.3) is 0 Å². The van der Waals surface area contributed by atoms with Crippen LogP contribution in [0.15, 0.2) is 18.3 Å². The minimum absolute atomic E-state index is 0.00463. The van der Waals surface area contributed by atoms with Crippen LogP contribution in [0.1, 0.15) is 30.8 Å². The largest absolute Gasteiger partial charge is 0.395 e. The Morgan fingerprint density at radius 2 is 2.25 bits per heavy atom. The third-order valence-electron chi connectivity index (χ3n) is 2.55. The Kier molecular flexibility index (Phi) is 5.05.